The molecule has 36 heavy (non-hydrogen) atoms. The maximum absolute atomic E-state index is 14.8. The second-order valence-corrected chi connectivity index (χ2v) is 10.3. The van der Waals surface area contributed by atoms with Crippen LogP contribution in [0.5, 0.6) is 0 Å². The number of hydrogen-bond donors (Lipinski definition) is 1. The number of aryl methyl sites for hydroxylation is 1. The summed E-state index contributed by atoms with van der Waals surface area (Å²) in [7, 11) is -2.83. The molecule has 1 N–H and O–H groups in total. The molecule has 3 rings (SSSR count). The smallest absolute Gasteiger partial charge is 0.264 e. The van der Waals surface area contributed by atoms with Gasteiger partial charge in [-0.2, -0.15) is 0 Å². The van der Waals surface area contributed by atoms with E-state index < -0.39 is 40.2 Å². The molecule has 2 amide bonds. The van der Waals surface area contributed by atoms with Gasteiger partial charge in [0.2, 0.25) is 11.8 Å². The number of benzene rings is 3. The van der Waals surface area contributed by atoms with Gasteiger partial charge in [0, 0.05) is 13.6 Å². The molecule has 0 aliphatic rings. The van der Waals surface area contributed by atoms with Gasteiger partial charge in [0.25, 0.3) is 10.0 Å². The van der Waals surface area contributed by atoms with Crippen LogP contribution in [-0.4, -0.2) is 51.3 Å². The van der Waals surface area contributed by atoms with E-state index in [0.29, 0.717) is 6.42 Å². The van der Waals surface area contributed by atoms with E-state index in [1.165, 1.54) is 42.3 Å². The molecule has 0 aliphatic carbocycles. The molecule has 1 atom stereocenters. The summed E-state index contributed by atoms with van der Waals surface area (Å²) in [5, 5.41) is 2.53. The molecule has 7 nitrogen and oxygen atoms in total. The molecular formula is C27H30FN3O4S. The Labute approximate surface area is 211 Å². The molecule has 3 aromatic rings. The summed E-state index contributed by atoms with van der Waals surface area (Å²) in [6.07, 6.45) is 0.457. The standard InChI is InChI=1S/C27H30FN3O4S/c1-20-13-15-23(16-14-20)36(34,35)31(25-12-8-7-11-24(25)28)19-26(32)30(21(2)27(33)29-3)18-17-22-9-5-4-6-10-22/h4-16,21H,17-19H2,1-3H3,(H,29,33)/t21-/m0/s1. The number of rotatable bonds is 10. The zero-order chi connectivity index (χ0) is 26.3. The van der Waals surface area contributed by atoms with Crippen molar-refractivity contribution in [2.45, 2.75) is 31.2 Å². The lowest BCUT2D eigenvalue weighted by Gasteiger charge is -2.31. The van der Waals surface area contributed by atoms with Crippen molar-refractivity contribution in [2.24, 2.45) is 0 Å². The summed E-state index contributed by atoms with van der Waals surface area (Å²) in [5.41, 5.74) is 1.56. The quantitative estimate of drug-likeness (QED) is 0.451. The first-order valence-electron chi connectivity index (χ1n) is 11.5. The highest BCUT2D eigenvalue weighted by Crippen LogP contribution is 2.27. The summed E-state index contributed by atoms with van der Waals surface area (Å²) in [5.74, 6) is -1.80. The van der Waals surface area contributed by atoms with Crippen molar-refractivity contribution in [2.75, 3.05) is 24.4 Å². The lowest BCUT2D eigenvalue weighted by Crippen LogP contribution is -2.51. The summed E-state index contributed by atoms with van der Waals surface area (Å²) >= 11 is 0. The second-order valence-electron chi connectivity index (χ2n) is 8.39. The molecule has 9 heteroatoms. The number of para-hydroxylation sites is 1. The number of nitrogens with one attached hydrogen (secondary N) is 1. The van der Waals surface area contributed by atoms with Crippen LogP contribution in [0.25, 0.3) is 0 Å². The van der Waals surface area contributed by atoms with Crippen molar-refractivity contribution in [1.29, 1.82) is 0 Å². The third kappa shape index (κ3) is 6.28. The number of likely N-dealkylation sites (N-methyl/N-ethyl adjacent to an activating group) is 1. The Balaban J connectivity index is 1.98. The molecular weight excluding hydrogens is 481 g/mol. The summed E-state index contributed by atoms with van der Waals surface area (Å²) in [6.45, 7) is 2.89. The maximum Gasteiger partial charge on any atom is 0.264 e. The largest absolute Gasteiger partial charge is 0.357 e. The van der Waals surface area contributed by atoms with Gasteiger partial charge in [-0.3, -0.25) is 13.9 Å². The Kier molecular flexibility index (Phi) is 8.82. The van der Waals surface area contributed by atoms with Crippen LogP contribution in [0, 0.1) is 12.7 Å². The molecule has 3 aromatic carbocycles. The fourth-order valence-corrected chi connectivity index (χ4v) is 5.21. The summed E-state index contributed by atoms with van der Waals surface area (Å²) in [4.78, 5) is 27.3. The van der Waals surface area contributed by atoms with Gasteiger partial charge in [-0.25, -0.2) is 12.8 Å². The van der Waals surface area contributed by atoms with Crippen LogP contribution in [0.4, 0.5) is 10.1 Å². The fourth-order valence-electron chi connectivity index (χ4n) is 3.78. The average molecular weight is 512 g/mol. The molecule has 190 valence electrons. The fraction of sp³-hybridized carbons (Fsp3) is 0.259. The van der Waals surface area contributed by atoms with Crippen LogP contribution in [0.15, 0.2) is 83.8 Å². The molecule has 0 bridgehead atoms. The SMILES string of the molecule is CNC(=O)[C@H](C)N(CCc1ccccc1)C(=O)CN(c1ccccc1F)S(=O)(=O)c1ccc(C)cc1. The van der Waals surface area contributed by atoms with Gasteiger partial charge in [0.05, 0.1) is 10.6 Å². The minimum atomic E-state index is -4.30. The first kappa shape index (κ1) is 26.9. The average Bonchev–Trinajstić information content (AvgIpc) is 2.88. The second kappa shape index (κ2) is 11.8. The van der Waals surface area contributed by atoms with Crippen LogP contribution < -0.4 is 9.62 Å². The van der Waals surface area contributed by atoms with Gasteiger partial charge in [-0.05, 0) is 50.1 Å². The van der Waals surface area contributed by atoms with Crippen LogP contribution >= 0.6 is 0 Å². The Bertz CT molecular complexity index is 1300. The monoisotopic (exact) mass is 511 g/mol. The first-order chi connectivity index (χ1) is 17.1. The highest BCUT2D eigenvalue weighted by molar-refractivity contribution is 7.92. The Morgan fingerprint density at radius 2 is 1.56 bits per heavy atom. The van der Waals surface area contributed by atoms with Crippen molar-refractivity contribution in [3.63, 3.8) is 0 Å². The Morgan fingerprint density at radius 1 is 0.944 bits per heavy atom. The number of hydrogen-bond acceptors (Lipinski definition) is 4. The predicted octanol–water partition coefficient (Wildman–Crippen LogP) is 3.54. The zero-order valence-corrected chi connectivity index (χ0v) is 21.3. The molecule has 0 saturated heterocycles. The first-order valence-corrected chi connectivity index (χ1v) is 13.0. The highest BCUT2D eigenvalue weighted by atomic mass is 32.2. The van der Waals surface area contributed by atoms with E-state index >= 15 is 0 Å². The van der Waals surface area contributed by atoms with Crippen LogP contribution in [0.2, 0.25) is 0 Å². The lowest BCUT2D eigenvalue weighted by atomic mass is 10.1. The zero-order valence-electron chi connectivity index (χ0n) is 20.5. The molecule has 0 aliphatic heterocycles. The minimum absolute atomic E-state index is 0.0701. The summed E-state index contributed by atoms with van der Waals surface area (Å²) < 4.78 is 42.8. The van der Waals surface area contributed by atoms with E-state index in [-0.39, 0.29) is 17.1 Å². The van der Waals surface area contributed by atoms with E-state index in [1.807, 2.05) is 37.3 Å². The van der Waals surface area contributed by atoms with E-state index in [4.69, 9.17) is 0 Å². The van der Waals surface area contributed by atoms with Gasteiger partial charge in [-0.1, -0.05) is 60.2 Å². The summed E-state index contributed by atoms with van der Waals surface area (Å²) in [6, 6.07) is 20.1. The number of amides is 2. The molecule has 0 unspecified atom stereocenters. The van der Waals surface area contributed by atoms with Crippen molar-refractivity contribution >= 4 is 27.5 Å². The van der Waals surface area contributed by atoms with Crippen molar-refractivity contribution in [3.8, 4) is 0 Å². The van der Waals surface area contributed by atoms with Crippen LogP contribution in [-0.2, 0) is 26.0 Å². The van der Waals surface area contributed by atoms with E-state index in [1.54, 1.807) is 19.1 Å². The predicted molar refractivity (Wildman–Crippen MR) is 137 cm³/mol. The van der Waals surface area contributed by atoms with Gasteiger partial charge < -0.3 is 10.2 Å². The van der Waals surface area contributed by atoms with E-state index in [2.05, 4.69) is 5.32 Å². The Morgan fingerprint density at radius 3 is 2.17 bits per heavy atom. The number of carbonyl (C=O) groups is 2. The number of carbonyl (C=O) groups excluding carboxylic acids is 2. The molecule has 0 radical (unpaired) electrons. The minimum Gasteiger partial charge on any atom is -0.357 e. The topological polar surface area (TPSA) is 86.8 Å². The molecule has 0 aromatic heterocycles. The van der Waals surface area contributed by atoms with E-state index in [0.717, 1.165) is 21.5 Å². The van der Waals surface area contributed by atoms with Gasteiger partial charge in [-0.15, -0.1) is 0 Å². The highest BCUT2D eigenvalue weighted by Gasteiger charge is 2.33. The van der Waals surface area contributed by atoms with Crippen LogP contribution in [0.1, 0.15) is 18.1 Å². The third-order valence-electron chi connectivity index (χ3n) is 5.91. The van der Waals surface area contributed by atoms with Gasteiger partial charge in [0.1, 0.15) is 18.4 Å². The molecule has 0 saturated carbocycles. The van der Waals surface area contributed by atoms with Crippen molar-refractivity contribution < 1.29 is 22.4 Å². The van der Waals surface area contributed by atoms with Crippen LogP contribution in [0.3, 0.4) is 0 Å². The van der Waals surface area contributed by atoms with Crippen molar-refractivity contribution in [3.05, 3.63) is 95.8 Å². The van der Waals surface area contributed by atoms with Gasteiger partial charge >= 0.3 is 0 Å². The van der Waals surface area contributed by atoms with Crippen molar-refractivity contribution in [1.82, 2.24) is 10.2 Å². The number of sulfonamides is 1. The molecule has 0 heterocycles. The van der Waals surface area contributed by atoms with Gasteiger partial charge in [0.15, 0.2) is 0 Å². The van der Waals surface area contributed by atoms with E-state index in [9.17, 15) is 22.4 Å². The number of anilines is 1. The molecule has 0 spiro atoms. The molecule has 0 fully saturated rings. The number of nitrogens with zero attached hydrogens (tertiary/aromatic N) is 2. The maximum atomic E-state index is 14.8. The third-order valence-corrected chi connectivity index (χ3v) is 7.68. The normalized spacial score (nSPS) is 12.0. The Hall–Kier alpha value is -3.72. The lowest BCUT2D eigenvalue weighted by molar-refractivity contribution is -0.138. The number of halogens is 1.